The molecule has 31 heavy (non-hydrogen) atoms. The molecule has 2 aromatic carbocycles. The van der Waals surface area contributed by atoms with Gasteiger partial charge in [-0.25, -0.2) is 0 Å². The van der Waals surface area contributed by atoms with Crippen LogP contribution >= 0.6 is 12.4 Å². The molecule has 1 aliphatic carbocycles. The maximum atomic E-state index is 11.4. The molecule has 0 spiro atoms. The van der Waals surface area contributed by atoms with Crippen molar-refractivity contribution in [1.29, 1.82) is 0 Å². The molecule has 3 rings (SSSR count). The molecule has 2 nitrogen and oxygen atoms in total. The van der Waals surface area contributed by atoms with Crippen LogP contribution in [0, 0.1) is 0 Å². The molecular formula is C28H44ClNO. The number of nitrogens with zero attached hydrogens (tertiary/aromatic N) is 1. The molecule has 0 radical (unpaired) electrons. The first kappa shape index (κ1) is 26.2. The molecule has 0 heterocycles. The van der Waals surface area contributed by atoms with Gasteiger partial charge in [0.2, 0.25) is 0 Å². The normalized spacial score (nSPS) is 14.5. The lowest BCUT2D eigenvalue weighted by Gasteiger charge is -2.27. The fourth-order valence-corrected chi connectivity index (χ4v) is 5.10. The van der Waals surface area contributed by atoms with E-state index in [1.54, 1.807) is 0 Å². The van der Waals surface area contributed by atoms with Gasteiger partial charge < -0.3 is 10.0 Å². The van der Waals surface area contributed by atoms with Crippen LogP contribution in [0.4, 0.5) is 0 Å². The summed E-state index contributed by atoms with van der Waals surface area (Å²) in [6.45, 7) is 7.54. The highest BCUT2D eigenvalue weighted by Crippen LogP contribution is 2.34. The van der Waals surface area contributed by atoms with Crippen LogP contribution < -0.4 is 0 Å². The predicted octanol–water partition coefficient (Wildman–Crippen LogP) is 7.64. The second-order valence-electron chi connectivity index (χ2n) is 9.29. The summed E-state index contributed by atoms with van der Waals surface area (Å²) in [6, 6.07) is 11.1. The monoisotopic (exact) mass is 445 g/mol. The topological polar surface area (TPSA) is 23.5 Å². The van der Waals surface area contributed by atoms with Crippen molar-refractivity contribution in [3.8, 4) is 0 Å². The third-order valence-corrected chi connectivity index (χ3v) is 6.85. The summed E-state index contributed by atoms with van der Waals surface area (Å²) in [4.78, 5) is 2.53. The molecule has 0 bridgehead atoms. The van der Waals surface area contributed by atoms with E-state index in [-0.39, 0.29) is 12.4 Å². The summed E-state index contributed by atoms with van der Waals surface area (Å²) < 4.78 is 0. The highest BCUT2D eigenvalue weighted by atomic mass is 35.5. The number of fused-ring (bicyclic) bond motifs is 3. The Morgan fingerprint density at radius 1 is 0.839 bits per heavy atom. The highest BCUT2D eigenvalue weighted by molar-refractivity contribution is 5.90. The summed E-state index contributed by atoms with van der Waals surface area (Å²) in [5.74, 6) is 0. The molecule has 1 aliphatic rings. The number of rotatable bonds is 13. The molecule has 2 aromatic rings. The smallest absolute Gasteiger partial charge is 0.0923 e. The van der Waals surface area contributed by atoms with Gasteiger partial charge in [-0.1, -0.05) is 82.7 Å². The minimum atomic E-state index is -0.403. The Morgan fingerprint density at radius 3 is 2.10 bits per heavy atom. The van der Waals surface area contributed by atoms with E-state index in [2.05, 4.69) is 49.1 Å². The fraction of sp³-hybridized carbons (Fsp3) is 0.643. The quantitative estimate of drug-likeness (QED) is 0.320. The van der Waals surface area contributed by atoms with Crippen LogP contribution in [0.1, 0.15) is 101 Å². The Labute approximate surface area is 196 Å². The van der Waals surface area contributed by atoms with Crippen LogP contribution in [0.15, 0.2) is 30.3 Å². The molecule has 1 atom stereocenters. The molecule has 174 valence electrons. The SMILES string of the molecule is CCCCCCN(CCCCCC)CC(O)c1cc2c(c3ccccc13)CCCC2.Cl. The molecule has 0 saturated carbocycles. The number of hydrogen-bond acceptors (Lipinski definition) is 2. The minimum absolute atomic E-state index is 0. The van der Waals surface area contributed by atoms with E-state index in [9.17, 15) is 5.11 Å². The van der Waals surface area contributed by atoms with E-state index in [0.29, 0.717) is 0 Å². The number of aliphatic hydroxyl groups is 1. The van der Waals surface area contributed by atoms with Crippen LogP contribution in [0.25, 0.3) is 10.8 Å². The fourth-order valence-electron chi connectivity index (χ4n) is 5.10. The van der Waals surface area contributed by atoms with Gasteiger partial charge >= 0.3 is 0 Å². The zero-order valence-electron chi connectivity index (χ0n) is 19.9. The summed E-state index contributed by atoms with van der Waals surface area (Å²) >= 11 is 0. The van der Waals surface area contributed by atoms with E-state index in [1.807, 2.05) is 0 Å². The average molecular weight is 446 g/mol. The maximum absolute atomic E-state index is 11.4. The molecule has 0 aromatic heterocycles. The molecule has 0 aliphatic heterocycles. The molecule has 0 fully saturated rings. The van der Waals surface area contributed by atoms with Crippen LogP contribution in [-0.4, -0.2) is 29.6 Å². The lowest BCUT2D eigenvalue weighted by Crippen LogP contribution is -2.31. The van der Waals surface area contributed by atoms with E-state index in [1.165, 1.54) is 92.5 Å². The molecule has 1 unspecified atom stereocenters. The van der Waals surface area contributed by atoms with E-state index in [4.69, 9.17) is 0 Å². The number of halogens is 1. The number of hydrogen-bond donors (Lipinski definition) is 1. The first-order valence-corrected chi connectivity index (χ1v) is 12.7. The average Bonchev–Trinajstić information content (AvgIpc) is 2.78. The van der Waals surface area contributed by atoms with Gasteiger partial charge in [-0.05, 0) is 79.1 Å². The second kappa shape index (κ2) is 14.1. The molecule has 0 saturated heterocycles. The number of benzene rings is 2. The first-order chi connectivity index (χ1) is 14.7. The Bertz CT molecular complexity index is 763. The van der Waals surface area contributed by atoms with Crippen LogP contribution in [-0.2, 0) is 12.8 Å². The lowest BCUT2D eigenvalue weighted by molar-refractivity contribution is 0.111. The summed E-state index contributed by atoms with van der Waals surface area (Å²) in [7, 11) is 0. The summed E-state index contributed by atoms with van der Waals surface area (Å²) in [6.07, 6.45) is 14.8. The number of unbranched alkanes of at least 4 members (excludes halogenated alkanes) is 6. The second-order valence-corrected chi connectivity index (χ2v) is 9.29. The van der Waals surface area contributed by atoms with Gasteiger partial charge in [0.15, 0.2) is 0 Å². The molecule has 1 N–H and O–H groups in total. The first-order valence-electron chi connectivity index (χ1n) is 12.7. The van der Waals surface area contributed by atoms with Crippen molar-refractivity contribution in [2.24, 2.45) is 0 Å². The zero-order chi connectivity index (χ0) is 21.2. The Hall–Kier alpha value is -1.09. The zero-order valence-corrected chi connectivity index (χ0v) is 20.7. The number of aliphatic hydroxyl groups excluding tert-OH is 1. The lowest BCUT2D eigenvalue weighted by atomic mass is 9.84. The van der Waals surface area contributed by atoms with Crippen LogP contribution in [0.3, 0.4) is 0 Å². The van der Waals surface area contributed by atoms with Gasteiger partial charge in [0.1, 0.15) is 0 Å². The van der Waals surface area contributed by atoms with Crippen molar-refractivity contribution in [2.45, 2.75) is 97.0 Å². The van der Waals surface area contributed by atoms with Crippen molar-refractivity contribution in [3.63, 3.8) is 0 Å². The molecule has 0 amide bonds. The molecule has 3 heteroatoms. The van der Waals surface area contributed by atoms with Gasteiger partial charge in [0.25, 0.3) is 0 Å². The van der Waals surface area contributed by atoms with E-state index < -0.39 is 6.10 Å². The van der Waals surface area contributed by atoms with Crippen LogP contribution in [0.2, 0.25) is 0 Å². The predicted molar refractivity (Wildman–Crippen MR) is 138 cm³/mol. The van der Waals surface area contributed by atoms with Crippen LogP contribution in [0.5, 0.6) is 0 Å². The number of aryl methyl sites for hydroxylation is 2. The van der Waals surface area contributed by atoms with E-state index in [0.717, 1.165) is 31.6 Å². The van der Waals surface area contributed by atoms with Gasteiger partial charge in [-0.2, -0.15) is 0 Å². The van der Waals surface area contributed by atoms with Crippen molar-refractivity contribution in [1.82, 2.24) is 4.90 Å². The Kier molecular flexibility index (Phi) is 11.9. The maximum Gasteiger partial charge on any atom is 0.0923 e. The van der Waals surface area contributed by atoms with Crippen molar-refractivity contribution < 1.29 is 5.11 Å². The van der Waals surface area contributed by atoms with Crippen molar-refractivity contribution in [3.05, 3.63) is 47.0 Å². The van der Waals surface area contributed by atoms with Gasteiger partial charge in [-0.3, -0.25) is 0 Å². The summed E-state index contributed by atoms with van der Waals surface area (Å²) in [5.41, 5.74) is 4.16. The van der Waals surface area contributed by atoms with E-state index >= 15 is 0 Å². The van der Waals surface area contributed by atoms with Gasteiger partial charge in [0.05, 0.1) is 6.10 Å². The molecular weight excluding hydrogens is 402 g/mol. The van der Waals surface area contributed by atoms with Gasteiger partial charge in [0, 0.05) is 6.54 Å². The summed E-state index contributed by atoms with van der Waals surface area (Å²) in [5, 5.41) is 14.0. The standard InChI is InChI=1S/C28H43NO.ClH/c1-3-5-7-13-19-29(20-14-8-6-4-2)22-28(30)27-21-23-15-9-10-16-24(23)25-17-11-12-18-26(25)27;/h11-12,17-18,21,28,30H,3-10,13-16,19-20,22H2,1-2H3;1H. The third-order valence-electron chi connectivity index (χ3n) is 6.85. The van der Waals surface area contributed by atoms with Gasteiger partial charge in [-0.15, -0.1) is 12.4 Å². The van der Waals surface area contributed by atoms with Crippen molar-refractivity contribution >= 4 is 23.2 Å². The minimum Gasteiger partial charge on any atom is -0.387 e. The Morgan fingerprint density at radius 2 is 1.45 bits per heavy atom. The van der Waals surface area contributed by atoms with Crippen molar-refractivity contribution in [2.75, 3.05) is 19.6 Å². The highest BCUT2D eigenvalue weighted by Gasteiger charge is 2.20. The Balaban J connectivity index is 0.00000341. The largest absolute Gasteiger partial charge is 0.387 e. The third kappa shape index (κ3) is 7.48.